The van der Waals surface area contributed by atoms with Crippen LogP contribution in [0.1, 0.15) is 12.5 Å². The van der Waals surface area contributed by atoms with Crippen molar-refractivity contribution in [2.75, 3.05) is 44.2 Å². The third-order valence-corrected chi connectivity index (χ3v) is 5.08. The zero-order valence-corrected chi connectivity index (χ0v) is 15.7. The molecule has 0 unspecified atom stereocenters. The molecule has 0 spiro atoms. The van der Waals surface area contributed by atoms with Crippen LogP contribution >= 0.6 is 0 Å². The lowest BCUT2D eigenvalue weighted by Gasteiger charge is -2.34. The second-order valence-corrected chi connectivity index (χ2v) is 6.97. The van der Waals surface area contributed by atoms with Crippen molar-refractivity contribution in [1.29, 1.82) is 0 Å². The molecule has 1 fully saturated rings. The van der Waals surface area contributed by atoms with Crippen LogP contribution in [-0.4, -0.2) is 55.2 Å². The summed E-state index contributed by atoms with van der Waals surface area (Å²) >= 11 is 0. The van der Waals surface area contributed by atoms with E-state index in [1.54, 1.807) is 23.1 Å². The molecule has 6 heteroatoms. The molecular formula is C21H27FN3O2+. The van der Waals surface area contributed by atoms with E-state index in [1.807, 2.05) is 25.1 Å². The molecule has 2 aromatic rings. The number of amides is 1. The molecule has 0 bridgehead atoms. The summed E-state index contributed by atoms with van der Waals surface area (Å²) in [6, 6.07) is 13.7. The number of hydrogen-bond donors (Lipinski definition) is 2. The minimum absolute atomic E-state index is 0.106. The third kappa shape index (κ3) is 5.20. The van der Waals surface area contributed by atoms with E-state index in [4.69, 9.17) is 0 Å². The van der Waals surface area contributed by atoms with Gasteiger partial charge in [-0.05, 0) is 48.9 Å². The summed E-state index contributed by atoms with van der Waals surface area (Å²) in [6.07, 6.45) is 0. The number of likely N-dealkylation sites (N-methyl/N-ethyl adjacent to an activating group) is 1. The van der Waals surface area contributed by atoms with Gasteiger partial charge in [0.25, 0.3) is 5.91 Å². The number of phenolic OH excluding ortho intramolecular Hbond substituents is 1. The predicted molar refractivity (Wildman–Crippen MR) is 103 cm³/mol. The fourth-order valence-corrected chi connectivity index (χ4v) is 3.48. The van der Waals surface area contributed by atoms with E-state index in [2.05, 4.69) is 4.90 Å². The van der Waals surface area contributed by atoms with Crippen LogP contribution in [-0.2, 0) is 11.3 Å². The summed E-state index contributed by atoms with van der Waals surface area (Å²) in [5.41, 5.74) is 1.91. The van der Waals surface area contributed by atoms with Gasteiger partial charge in [0.15, 0.2) is 6.54 Å². The van der Waals surface area contributed by atoms with E-state index in [1.165, 1.54) is 17.0 Å². The van der Waals surface area contributed by atoms with Crippen LogP contribution in [0.25, 0.3) is 0 Å². The second-order valence-electron chi connectivity index (χ2n) is 6.97. The molecule has 0 aromatic heterocycles. The Morgan fingerprint density at radius 1 is 1.19 bits per heavy atom. The summed E-state index contributed by atoms with van der Waals surface area (Å²) < 4.78 is 13.4. The average molecular weight is 372 g/mol. The number of nitrogens with one attached hydrogen (secondary N) is 1. The first-order chi connectivity index (χ1) is 13.0. The van der Waals surface area contributed by atoms with Crippen molar-refractivity contribution in [1.82, 2.24) is 4.90 Å². The van der Waals surface area contributed by atoms with E-state index >= 15 is 0 Å². The molecule has 5 nitrogen and oxygen atoms in total. The van der Waals surface area contributed by atoms with Crippen molar-refractivity contribution in [3.05, 3.63) is 59.9 Å². The first-order valence-electron chi connectivity index (χ1n) is 9.45. The number of benzene rings is 2. The Hall–Kier alpha value is -2.60. The molecule has 0 atom stereocenters. The van der Waals surface area contributed by atoms with Crippen LogP contribution in [0, 0.1) is 5.82 Å². The maximum atomic E-state index is 13.4. The highest BCUT2D eigenvalue weighted by molar-refractivity contribution is 5.77. The lowest BCUT2D eigenvalue weighted by molar-refractivity contribution is -0.892. The topological polar surface area (TPSA) is 48.2 Å². The number of phenols is 1. The molecule has 144 valence electrons. The quantitative estimate of drug-likeness (QED) is 0.803. The minimum Gasteiger partial charge on any atom is -0.508 e. The molecule has 0 saturated carbocycles. The molecule has 1 aliphatic rings. The Morgan fingerprint density at radius 3 is 2.52 bits per heavy atom. The van der Waals surface area contributed by atoms with Gasteiger partial charge in [0.1, 0.15) is 11.6 Å². The number of quaternary nitrogens is 1. The summed E-state index contributed by atoms with van der Waals surface area (Å²) in [4.78, 5) is 18.0. The van der Waals surface area contributed by atoms with Gasteiger partial charge in [-0.2, -0.15) is 0 Å². The van der Waals surface area contributed by atoms with Gasteiger partial charge in [0.2, 0.25) is 0 Å². The van der Waals surface area contributed by atoms with Crippen molar-refractivity contribution >= 4 is 11.6 Å². The van der Waals surface area contributed by atoms with Gasteiger partial charge in [-0.15, -0.1) is 0 Å². The molecule has 27 heavy (non-hydrogen) atoms. The minimum atomic E-state index is -0.271. The van der Waals surface area contributed by atoms with Gasteiger partial charge in [-0.25, -0.2) is 4.39 Å². The summed E-state index contributed by atoms with van der Waals surface area (Å²) in [7, 11) is 0. The molecule has 2 aromatic carbocycles. The monoisotopic (exact) mass is 372 g/mol. The maximum Gasteiger partial charge on any atom is 0.278 e. The third-order valence-electron chi connectivity index (χ3n) is 5.08. The van der Waals surface area contributed by atoms with Gasteiger partial charge >= 0.3 is 0 Å². The van der Waals surface area contributed by atoms with E-state index < -0.39 is 0 Å². The van der Waals surface area contributed by atoms with Crippen LogP contribution in [0.3, 0.4) is 0 Å². The number of hydrogen-bond acceptors (Lipinski definition) is 3. The standard InChI is InChI=1S/C21H26FN3O2/c1-2-24(15-17-4-3-5-18(22)14-17)21(27)16-23-10-12-25(13-11-23)19-6-8-20(26)9-7-19/h3-9,14,26H,2,10-13,15-16H2,1H3/p+1. The average Bonchev–Trinajstić information content (AvgIpc) is 2.67. The Morgan fingerprint density at radius 2 is 1.89 bits per heavy atom. The molecule has 1 heterocycles. The molecule has 0 aliphatic carbocycles. The molecule has 0 radical (unpaired) electrons. The highest BCUT2D eigenvalue weighted by atomic mass is 19.1. The summed E-state index contributed by atoms with van der Waals surface area (Å²) in [5.74, 6) is 0.105. The number of carbonyl (C=O) groups is 1. The zero-order chi connectivity index (χ0) is 19.2. The predicted octanol–water partition coefficient (Wildman–Crippen LogP) is 1.28. The Bertz CT molecular complexity index is 758. The largest absolute Gasteiger partial charge is 0.508 e. The number of nitrogens with zero attached hydrogens (tertiary/aromatic N) is 2. The number of anilines is 1. The van der Waals surface area contributed by atoms with Gasteiger partial charge in [-0.3, -0.25) is 4.79 Å². The van der Waals surface area contributed by atoms with Crippen molar-refractivity contribution in [2.24, 2.45) is 0 Å². The van der Waals surface area contributed by atoms with Gasteiger partial charge in [0, 0.05) is 18.8 Å². The van der Waals surface area contributed by atoms with Crippen LogP contribution in [0.4, 0.5) is 10.1 Å². The lowest BCUT2D eigenvalue weighted by Crippen LogP contribution is -3.15. The van der Waals surface area contributed by atoms with Crippen molar-refractivity contribution in [3.63, 3.8) is 0 Å². The van der Waals surface area contributed by atoms with E-state index in [-0.39, 0.29) is 17.5 Å². The zero-order valence-electron chi connectivity index (χ0n) is 15.7. The summed E-state index contributed by atoms with van der Waals surface area (Å²) in [5, 5.41) is 9.41. The normalized spacial score (nSPS) is 15.0. The van der Waals surface area contributed by atoms with Crippen molar-refractivity contribution in [3.8, 4) is 5.75 Å². The van der Waals surface area contributed by atoms with E-state index in [0.29, 0.717) is 19.6 Å². The van der Waals surface area contributed by atoms with E-state index in [9.17, 15) is 14.3 Å². The first-order valence-corrected chi connectivity index (χ1v) is 9.45. The number of carbonyl (C=O) groups excluding carboxylic acids is 1. The van der Waals surface area contributed by atoms with E-state index in [0.717, 1.165) is 37.4 Å². The fraction of sp³-hybridized carbons (Fsp3) is 0.381. The molecule has 1 amide bonds. The second kappa shape index (κ2) is 8.86. The molecule has 1 aliphatic heterocycles. The Balaban J connectivity index is 1.51. The van der Waals surface area contributed by atoms with Crippen LogP contribution in [0.5, 0.6) is 5.75 Å². The summed E-state index contributed by atoms with van der Waals surface area (Å²) in [6.45, 7) is 7.02. The smallest absolute Gasteiger partial charge is 0.278 e. The molecule has 3 rings (SSSR count). The van der Waals surface area contributed by atoms with Crippen molar-refractivity contribution < 1.29 is 19.2 Å². The van der Waals surface area contributed by atoms with Crippen molar-refractivity contribution in [2.45, 2.75) is 13.5 Å². The first kappa shape index (κ1) is 19.2. The van der Waals surface area contributed by atoms with Crippen LogP contribution < -0.4 is 9.80 Å². The van der Waals surface area contributed by atoms with Crippen LogP contribution in [0.2, 0.25) is 0 Å². The number of halogens is 1. The Kier molecular flexibility index (Phi) is 6.29. The van der Waals surface area contributed by atoms with Crippen LogP contribution in [0.15, 0.2) is 48.5 Å². The highest BCUT2D eigenvalue weighted by Gasteiger charge is 2.24. The highest BCUT2D eigenvalue weighted by Crippen LogP contribution is 2.18. The SMILES string of the molecule is CCN(Cc1cccc(F)c1)C(=O)C[NH+]1CCN(c2ccc(O)cc2)CC1. The fourth-order valence-electron chi connectivity index (χ4n) is 3.48. The maximum absolute atomic E-state index is 13.4. The van der Waals surface area contributed by atoms with Gasteiger partial charge < -0.3 is 19.8 Å². The lowest BCUT2D eigenvalue weighted by atomic mass is 10.2. The molecule has 1 saturated heterocycles. The number of aromatic hydroxyl groups is 1. The number of rotatable bonds is 6. The van der Waals surface area contributed by atoms with Gasteiger partial charge in [-0.1, -0.05) is 12.1 Å². The Labute approximate surface area is 159 Å². The van der Waals surface area contributed by atoms with Gasteiger partial charge in [0.05, 0.1) is 26.2 Å². The number of piperazine rings is 1. The molecule has 2 N–H and O–H groups in total. The molecular weight excluding hydrogens is 345 g/mol.